The maximum Gasteiger partial charge on any atom is 0.345 e. The molecule has 0 bridgehead atoms. The third-order valence-electron chi connectivity index (χ3n) is 6.53. The molecular formula is C28H32N6O5S. The largest absolute Gasteiger partial charge is 0.478 e. The second-order valence-electron chi connectivity index (χ2n) is 9.77. The maximum absolute atomic E-state index is 13.7. The van der Waals surface area contributed by atoms with Gasteiger partial charge in [0.25, 0.3) is 5.91 Å². The zero-order valence-corrected chi connectivity index (χ0v) is 23.3. The first-order valence-electron chi connectivity index (χ1n) is 12.8. The molecule has 4 aromatic rings. The van der Waals surface area contributed by atoms with Crippen molar-refractivity contribution in [3.8, 4) is 0 Å². The van der Waals surface area contributed by atoms with Crippen molar-refractivity contribution in [1.82, 2.24) is 25.2 Å². The molecule has 2 aromatic carbocycles. The number of hydrogen-bond donors (Lipinski definition) is 5. The minimum atomic E-state index is -4.37. The van der Waals surface area contributed by atoms with E-state index in [4.69, 9.17) is 0 Å². The van der Waals surface area contributed by atoms with Crippen LogP contribution < -0.4 is 15.4 Å². The Bertz CT molecular complexity index is 1610. The molecule has 1 unspecified atom stereocenters. The van der Waals surface area contributed by atoms with Gasteiger partial charge in [0.05, 0.1) is 16.6 Å². The predicted octanol–water partition coefficient (Wildman–Crippen LogP) is 3.65. The first kappa shape index (κ1) is 28.7. The van der Waals surface area contributed by atoms with Crippen LogP contribution in [0.2, 0.25) is 0 Å². The monoisotopic (exact) mass is 564 g/mol. The molecule has 4 rings (SSSR count). The van der Waals surface area contributed by atoms with Gasteiger partial charge in [0, 0.05) is 23.7 Å². The van der Waals surface area contributed by atoms with Gasteiger partial charge in [0.2, 0.25) is 15.7 Å². The average molecular weight is 565 g/mol. The summed E-state index contributed by atoms with van der Waals surface area (Å²) in [5.41, 5.74) is 0.379. The van der Waals surface area contributed by atoms with Crippen LogP contribution in [0, 0.1) is 20.8 Å². The van der Waals surface area contributed by atoms with E-state index < -0.39 is 27.6 Å². The molecule has 11 nitrogen and oxygen atoms in total. The van der Waals surface area contributed by atoms with Gasteiger partial charge in [0.15, 0.2) is 0 Å². The Morgan fingerprint density at radius 1 is 1.02 bits per heavy atom. The number of aromatic nitrogens is 3. The van der Waals surface area contributed by atoms with Crippen molar-refractivity contribution in [2.45, 2.75) is 50.6 Å². The normalized spacial score (nSPS) is 13.1. The standard InChI is InChI=1S/C28H32N6O5S/c1-18-14-19(2)25(20(3)15-18)40(38,39)34-28(27(36)37,11-5-7-13-30-24-8-4-6-12-29-24)32-26(35)21-9-10-23-22(16-21)17-31-33-23/h4,6,8-10,12,14-17,34H,5,7,11,13H2,1-3H3,(H,29,30)(H,31,33)(H,32,35)(H,36,37). The van der Waals surface area contributed by atoms with E-state index in [1.54, 1.807) is 56.4 Å². The lowest BCUT2D eigenvalue weighted by molar-refractivity contribution is -0.145. The highest BCUT2D eigenvalue weighted by Gasteiger charge is 2.44. The Balaban J connectivity index is 1.62. The molecule has 0 aliphatic heterocycles. The molecule has 2 aromatic heterocycles. The summed E-state index contributed by atoms with van der Waals surface area (Å²) in [4.78, 5) is 30.3. The van der Waals surface area contributed by atoms with Crippen molar-refractivity contribution in [3.63, 3.8) is 0 Å². The number of pyridine rings is 1. The SMILES string of the molecule is Cc1cc(C)c(S(=O)(=O)NC(CCCCNc2ccccn2)(NC(=O)c2ccc3[nH]ncc3c2)C(=O)O)c(C)c1. The molecule has 0 radical (unpaired) electrons. The van der Waals surface area contributed by atoms with Gasteiger partial charge in [-0.15, -0.1) is 0 Å². The van der Waals surface area contributed by atoms with E-state index in [1.165, 1.54) is 12.3 Å². The summed E-state index contributed by atoms with van der Waals surface area (Å²) < 4.78 is 29.7. The molecule has 0 saturated carbocycles. The number of unbranched alkanes of at least 4 members (excludes halogenated alkanes) is 1. The number of H-pyrrole nitrogens is 1. The molecule has 0 spiro atoms. The number of aliphatic carboxylic acids is 1. The van der Waals surface area contributed by atoms with E-state index >= 15 is 0 Å². The number of nitrogens with zero attached hydrogens (tertiary/aromatic N) is 2. The number of benzene rings is 2. The Labute approximate surface area is 232 Å². The number of aryl methyl sites for hydroxylation is 3. The molecule has 12 heteroatoms. The Kier molecular flexibility index (Phi) is 8.50. The van der Waals surface area contributed by atoms with E-state index in [9.17, 15) is 23.1 Å². The van der Waals surface area contributed by atoms with Gasteiger partial charge < -0.3 is 15.7 Å². The van der Waals surface area contributed by atoms with Gasteiger partial charge >= 0.3 is 5.97 Å². The molecule has 0 saturated heterocycles. The van der Waals surface area contributed by atoms with Crippen LogP contribution in [0.5, 0.6) is 0 Å². The summed E-state index contributed by atoms with van der Waals surface area (Å²) in [5, 5.41) is 23.4. The number of carbonyl (C=O) groups excluding carboxylic acids is 1. The summed E-state index contributed by atoms with van der Waals surface area (Å²) in [6.45, 7) is 5.63. The van der Waals surface area contributed by atoms with Crippen molar-refractivity contribution in [2.24, 2.45) is 0 Å². The molecule has 0 aliphatic carbocycles. The molecule has 40 heavy (non-hydrogen) atoms. The lowest BCUT2D eigenvalue weighted by Crippen LogP contribution is -2.65. The van der Waals surface area contributed by atoms with E-state index in [-0.39, 0.29) is 23.3 Å². The fourth-order valence-electron chi connectivity index (χ4n) is 4.76. The molecule has 0 aliphatic rings. The number of carbonyl (C=O) groups is 2. The van der Waals surface area contributed by atoms with Crippen LogP contribution in [0.25, 0.3) is 10.9 Å². The zero-order chi connectivity index (χ0) is 28.9. The van der Waals surface area contributed by atoms with Gasteiger partial charge in [-0.3, -0.25) is 9.89 Å². The second-order valence-corrected chi connectivity index (χ2v) is 11.4. The van der Waals surface area contributed by atoms with E-state index in [0.29, 0.717) is 40.8 Å². The number of carboxylic acid groups (broad SMARTS) is 1. The van der Waals surface area contributed by atoms with Gasteiger partial charge in [-0.05, 0) is 81.5 Å². The van der Waals surface area contributed by atoms with Crippen LogP contribution in [0.1, 0.15) is 46.3 Å². The van der Waals surface area contributed by atoms with Crippen LogP contribution in [-0.2, 0) is 14.8 Å². The lowest BCUT2D eigenvalue weighted by Gasteiger charge is -2.32. The first-order chi connectivity index (χ1) is 19.0. The molecule has 0 fully saturated rings. The lowest BCUT2D eigenvalue weighted by atomic mass is 10.0. The molecule has 1 amide bonds. The van der Waals surface area contributed by atoms with Crippen molar-refractivity contribution in [2.75, 3.05) is 11.9 Å². The minimum Gasteiger partial charge on any atom is -0.478 e. The van der Waals surface area contributed by atoms with Crippen LogP contribution in [0.15, 0.2) is 65.8 Å². The molecule has 5 N–H and O–H groups in total. The van der Waals surface area contributed by atoms with Gasteiger partial charge in [-0.1, -0.05) is 23.8 Å². The van der Waals surface area contributed by atoms with Gasteiger partial charge in [-0.2, -0.15) is 9.82 Å². The molecular weight excluding hydrogens is 532 g/mol. The average Bonchev–Trinajstić information content (AvgIpc) is 3.36. The number of rotatable bonds is 12. The minimum absolute atomic E-state index is 0.0189. The number of anilines is 1. The molecule has 1 atom stereocenters. The van der Waals surface area contributed by atoms with Crippen molar-refractivity contribution in [1.29, 1.82) is 0 Å². The fourth-order valence-corrected chi connectivity index (χ4v) is 6.53. The highest BCUT2D eigenvalue weighted by molar-refractivity contribution is 7.89. The Hall–Kier alpha value is -4.29. The smallest absolute Gasteiger partial charge is 0.345 e. The quantitative estimate of drug-likeness (QED) is 0.128. The summed E-state index contributed by atoms with van der Waals surface area (Å²) >= 11 is 0. The topological polar surface area (TPSA) is 166 Å². The van der Waals surface area contributed by atoms with Crippen LogP contribution >= 0.6 is 0 Å². The number of amides is 1. The predicted molar refractivity (Wildman–Crippen MR) is 151 cm³/mol. The highest BCUT2D eigenvalue weighted by atomic mass is 32.2. The zero-order valence-electron chi connectivity index (χ0n) is 22.5. The van der Waals surface area contributed by atoms with Gasteiger partial charge in [0.1, 0.15) is 5.82 Å². The van der Waals surface area contributed by atoms with E-state index in [0.717, 1.165) is 5.56 Å². The number of nitrogens with one attached hydrogen (secondary N) is 4. The van der Waals surface area contributed by atoms with Crippen molar-refractivity contribution >= 4 is 38.6 Å². The maximum atomic E-state index is 13.7. The third kappa shape index (κ3) is 6.46. The van der Waals surface area contributed by atoms with Crippen LogP contribution in [0.4, 0.5) is 5.82 Å². The second kappa shape index (κ2) is 11.8. The highest BCUT2D eigenvalue weighted by Crippen LogP contribution is 2.25. The van der Waals surface area contributed by atoms with E-state index in [2.05, 4.69) is 30.5 Å². The Morgan fingerprint density at radius 3 is 2.45 bits per heavy atom. The fraction of sp³-hybridized carbons (Fsp3) is 0.286. The summed E-state index contributed by atoms with van der Waals surface area (Å²) in [6.07, 6.45) is 3.76. The van der Waals surface area contributed by atoms with Crippen LogP contribution in [0.3, 0.4) is 0 Å². The van der Waals surface area contributed by atoms with Crippen LogP contribution in [-0.4, -0.2) is 52.8 Å². The van der Waals surface area contributed by atoms with Gasteiger partial charge in [-0.25, -0.2) is 18.2 Å². The molecule has 2 heterocycles. The van der Waals surface area contributed by atoms with Crippen molar-refractivity contribution < 1.29 is 23.1 Å². The first-order valence-corrected chi connectivity index (χ1v) is 14.2. The Morgan fingerprint density at radius 2 is 1.77 bits per heavy atom. The number of aromatic amines is 1. The summed E-state index contributed by atoms with van der Waals surface area (Å²) in [6, 6.07) is 13.6. The number of carboxylic acids is 1. The summed E-state index contributed by atoms with van der Waals surface area (Å²) in [5.74, 6) is -1.59. The number of fused-ring (bicyclic) bond motifs is 1. The van der Waals surface area contributed by atoms with Crippen molar-refractivity contribution in [3.05, 3.63) is 83.2 Å². The summed E-state index contributed by atoms with van der Waals surface area (Å²) in [7, 11) is -4.37. The number of hydrogen-bond acceptors (Lipinski definition) is 7. The number of sulfonamides is 1. The molecule has 210 valence electrons. The third-order valence-corrected chi connectivity index (χ3v) is 8.32. The van der Waals surface area contributed by atoms with E-state index in [1.807, 2.05) is 13.0 Å².